The van der Waals surface area contributed by atoms with Crippen molar-refractivity contribution in [3.63, 3.8) is 0 Å². The van der Waals surface area contributed by atoms with E-state index >= 15 is 0 Å². The van der Waals surface area contributed by atoms with Crippen molar-refractivity contribution in [2.75, 3.05) is 51.7 Å². The van der Waals surface area contributed by atoms with Gasteiger partial charge in [0.15, 0.2) is 11.5 Å². The summed E-state index contributed by atoms with van der Waals surface area (Å²) in [4.78, 5) is 9.91. The minimum Gasteiger partial charge on any atom is -0.352 e. The van der Waals surface area contributed by atoms with Gasteiger partial charge in [-0.25, -0.2) is 4.98 Å². The lowest BCUT2D eigenvalue weighted by atomic mass is 9.95. The summed E-state index contributed by atoms with van der Waals surface area (Å²) < 4.78 is 0.870. The fourth-order valence-electron chi connectivity index (χ4n) is 4.12. The smallest absolute Gasteiger partial charge is 0.191 e. The van der Waals surface area contributed by atoms with Crippen molar-refractivity contribution in [3.8, 4) is 0 Å². The van der Waals surface area contributed by atoms with Crippen LogP contribution in [0.4, 0.5) is 11.5 Å². The Labute approximate surface area is 171 Å². The van der Waals surface area contributed by atoms with Gasteiger partial charge in [-0.3, -0.25) is 9.38 Å². The second-order valence-corrected chi connectivity index (χ2v) is 8.59. The molecule has 0 amide bonds. The summed E-state index contributed by atoms with van der Waals surface area (Å²) >= 11 is 0. The van der Waals surface area contributed by atoms with Crippen molar-refractivity contribution < 1.29 is 0 Å². The second kappa shape index (κ2) is 9.53. The number of hydrogen-bond acceptors (Lipinski definition) is 3. The van der Waals surface area contributed by atoms with Gasteiger partial charge in [-0.1, -0.05) is 30.3 Å². The summed E-state index contributed by atoms with van der Waals surface area (Å²) in [6.07, 6.45) is 4.49. The molecule has 0 spiro atoms. The van der Waals surface area contributed by atoms with Crippen LogP contribution >= 0.6 is 0 Å². The number of aromatic nitrogens is 1. The van der Waals surface area contributed by atoms with Gasteiger partial charge in [-0.15, -0.1) is 0 Å². The van der Waals surface area contributed by atoms with Gasteiger partial charge >= 0.3 is 0 Å². The number of likely N-dealkylation sites (tertiary alicyclic amines) is 1. The third-order valence-electron chi connectivity index (χ3n) is 6.32. The Morgan fingerprint density at radius 2 is 1.75 bits per heavy atom. The van der Waals surface area contributed by atoms with Crippen LogP contribution in [-0.2, 0) is 6.54 Å². The number of quaternary nitrogens is 1. The number of rotatable bonds is 8. The number of piperidine rings is 1. The largest absolute Gasteiger partial charge is 0.352 e. The predicted octanol–water partition coefficient (Wildman–Crippen LogP) is 4.41. The zero-order valence-corrected chi connectivity index (χ0v) is 18.1. The van der Waals surface area contributed by atoms with Crippen LogP contribution in [0.2, 0.25) is 0 Å². The fourth-order valence-corrected chi connectivity index (χ4v) is 4.12. The van der Waals surface area contributed by atoms with E-state index in [4.69, 9.17) is 4.98 Å². The molecule has 4 heteroatoms. The molecule has 1 saturated heterocycles. The summed E-state index contributed by atoms with van der Waals surface area (Å²) in [6, 6.07) is 15.2. The Bertz CT molecular complexity index is 720. The van der Waals surface area contributed by atoms with Gasteiger partial charge < -0.3 is 4.90 Å². The molecule has 1 aromatic carbocycles. The van der Waals surface area contributed by atoms with Crippen LogP contribution in [0.25, 0.3) is 0 Å². The summed E-state index contributed by atoms with van der Waals surface area (Å²) in [5, 5.41) is 0. The van der Waals surface area contributed by atoms with Gasteiger partial charge in [0.05, 0.1) is 20.6 Å². The Morgan fingerprint density at radius 3 is 2.39 bits per heavy atom. The van der Waals surface area contributed by atoms with Crippen LogP contribution in [-0.4, -0.2) is 56.7 Å². The molecule has 1 aromatic heterocycles. The van der Waals surface area contributed by atoms with E-state index in [2.05, 4.69) is 80.2 Å². The lowest BCUT2D eigenvalue weighted by Crippen LogP contribution is -2.43. The highest BCUT2D eigenvalue weighted by Gasteiger charge is 2.27. The van der Waals surface area contributed by atoms with Gasteiger partial charge in [-0.05, 0) is 57.3 Å². The average Bonchev–Trinajstić information content (AvgIpc) is 2.74. The van der Waals surface area contributed by atoms with E-state index in [1.165, 1.54) is 43.0 Å². The van der Waals surface area contributed by atoms with E-state index < -0.39 is 0 Å². The lowest BCUT2D eigenvalue weighted by molar-refractivity contribution is 0.179. The Hall–Kier alpha value is -1.91. The van der Waals surface area contributed by atoms with Gasteiger partial charge in [0.2, 0.25) is 0 Å². The minimum atomic E-state index is 0.749. The Kier molecular flexibility index (Phi) is 7.08. The highest BCUT2D eigenvalue weighted by Crippen LogP contribution is 2.31. The first-order chi connectivity index (χ1) is 13.5. The van der Waals surface area contributed by atoms with E-state index in [-0.39, 0.29) is 0 Å². The van der Waals surface area contributed by atoms with Gasteiger partial charge in [0.1, 0.15) is 0 Å². The van der Waals surface area contributed by atoms with Crippen LogP contribution in [0.5, 0.6) is 0 Å². The normalized spacial score (nSPS) is 16.3. The van der Waals surface area contributed by atoms with E-state index in [1.807, 2.05) is 6.20 Å². The highest BCUT2D eigenvalue weighted by atomic mass is 15.3. The number of anilines is 1. The fraction of sp³-hybridized carbons (Fsp3) is 0.542. The van der Waals surface area contributed by atoms with Crippen molar-refractivity contribution in [1.29, 1.82) is 0 Å². The molecule has 2 heterocycles. The van der Waals surface area contributed by atoms with Crippen LogP contribution in [0, 0.1) is 5.92 Å². The summed E-state index contributed by atoms with van der Waals surface area (Å²) in [6.45, 7) is 11.2. The predicted molar refractivity (Wildman–Crippen MR) is 121 cm³/mol. The molecule has 3 rings (SSSR count). The maximum Gasteiger partial charge on any atom is 0.191 e. The minimum absolute atomic E-state index is 0.749. The monoisotopic (exact) mass is 381 g/mol. The standard InChI is InChI=1S/C24H37N4/c1-5-27(24-23(13-10-16-25-24)28(3,4)6-2)20-22-14-17-26(18-15-22)19-21-11-8-7-9-12-21/h7-13,16,22H,5-6,14-15,17-20H2,1-4H3/q+1. The average molecular weight is 382 g/mol. The quantitative estimate of drug-likeness (QED) is 0.632. The molecule has 0 radical (unpaired) electrons. The number of pyridine rings is 1. The summed E-state index contributed by atoms with van der Waals surface area (Å²) in [7, 11) is 4.55. The molecule has 1 aliphatic heterocycles. The Balaban J connectivity index is 1.61. The van der Waals surface area contributed by atoms with Crippen molar-refractivity contribution >= 4 is 11.5 Å². The van der Waals surface area contributed by atoms with Crippen LogP contribution in [0.15, 0.2) is 48.7 Å². The molecule has 0 saturated carbocycles. The van der Waals surface area contributed by atoms with Gasteiger partial charge in [0, 0.05) is 31.9 Å². The highest BCUT2D eigenvalue weighted by molar-refractivity contribution is 5.64. The zero-order chi connectivity index (χ0) is 20.0. The van der Waals surface area contributed by atoms with E-state index in [1.54, 1.807) is 0 Å². The first kappa shape index (κ1) is 20.8. The molecule has 1 aliphatic rings. The molecule has 28 heavy (non-hydrogen) atoms. The molecule has 0 aliphatic carbocycles. The molecule has 4 nitrogen and oxygen atoms in total. The molecular formula is C24H37N4+. The third kappa shape index (κ3) is 5.12. The maximum atomic E-state index is 4.80. The first-order valence-electron chi connectivity index (χ1n) is 10.8. The maximum absolute atomic E-state index is 4.80. The molecular weight excluding hydrogens is 344 g/mol. The van der Waals surface area contributed by atoms with Crippen LogP contribution in [0.1, 0.15) is 32.3 Å². The van der Waals surface area contributed by atoms with Crippen LogP contribution < -0.4 is 9.38 Å². The molecule has 0 N–H and O–H groups in total. The Morgan fingerprint density at radius 1 is 1.04 bits per heavy atom. The molecule has 0 bridgehead atoms. The number of nitrogens with zero attached hydrogens (tertiary/aromatic N) is 4. The van der Waals surface area contributed by atoms with E-state index in [0.717, 1.165) is 36.6 Å². The van der Waals surface area contributed by atoms with E-state index in [9.17, 15) is 0 Å². The van der Waals surface area contributed by atoms with Gasteiger partial charge in [-0.2, -0.15) is 0 Å². The molecule has 0 atom stereocenters. The molecule has 2 aromatic rings. The summed E-state index contributed by atoms with van der Waals surface area (Å²) in [5.41, 5.74) is 2.75. The first-order valence-corrected chi connectivity index (χ1v) is 10.8. The third-order valence-corrected chi connectivity index (χ3v) is 6.32. The van der Waals surface area contributed by atoms with Crippen molar-refractivity contribution in [1.82, 2.24) is 14.4 Å². The zero-order valence-electron chi connectivity index (χ0n) is 18.1. The number of hydrogen-bond donors (Lipinski definition) is 0. The topological polar surface area (TPSA) is 19.4 Å². The van der Waals surface area contributed by atoms with Crippen molar-refractivity contribution in [2.24, 2.45) is 5.92 Å². The number of benzene rings is 1. The molecule has 152 valence electrons. The van der Waals surface area contributed by atoms with Gasteiger partial charge in [0.25, 0.3) is 0 Å². The lowest BCUT2D eigenvalue weighted by Gasteiger charge is -2.37. The summed E-state index contributed by atoms with van der Waals surface area (Å²) in [5.74, 6) is 1.92. The van der Waals surface area contributed by atoms with Crippen molar-refractivity contribution in [2.45, 2.75) is 33.2 Å². The molecule has 1 fully saturated rings. The second-order valence-electron chi connectivity index (χ2n) is 8.59. The van der Waals surface area contributed by atoms with E-state index in [0.29, 0.717) is 0 Å². The van der Waals surface area contributed by atoms with Crippen LogP contribution in [0.3, 0.4) is 0 Å². The molecule has 0 unspecified atom stereocenters. The van der Waals surface area contributed by atoms with Crippen molar-refractivity contribution in [3.05, 3.63) is 54.2 Å². The SMILES string of the molecule is CCN(CC1CCN(Cc2ccccc2)CC1)c1ncccc1[N+](C)(C)CC.